The molecule has 0 fully saturated rings. The van der Waals surface area contributed by atoms with E-state index >= 15 is 0 Å². The number of nitrogens with one attached hydrogen (secondary N) is 1. The Bertz CT molecular complexity index is 463. The fourth-order valence-electron chi connectivity index (χ4n) is 2.41. The van der Waals surface area contributed by atoms with Gasteiger partial charge >= 0.3 is 0 Å². The lowest BCUT2D eigenvalue weighted by molar-refractivity contribution is 0.111. The number of rotatable bonds is 6. The van der Waals surface area contributed by atoms with Gasteiger partial charge in [-0.2, -0.15) is 0 Å². The van der Waals surface area contributed by atoms with Gasteiger partial charge in [-0.3, -0.25) is 0 Å². The lowest BCUT2D eigenvalue weighted by atomic mass is 9.83. The molecule has 0 aliphatic rings. The second kappa shape index (κ2) is 6.59. The van der Waals surface area contributed by atoms with Crippen LogP contribution in [0.15, 0.2) is 12.1 Å². The molecule has 0 bridgehead atoms. The van der Waals surface area contributed by atoms with Gasteiger partial charge < -0.3 is 10.2 Å². The summed E-state index contributed by atoms with van der Waals surface area (Å²) in [4.78, 5) is 1.97. The van der Waals surface area contributed by atoms with Crippen molar-refractivity contribution in [1.29, 1.82) is 0 Å². The van der Waals surface area contributed by atoms with Crippen molar-refractivity contribution in [2.75, 3.05) is 20.6 Å². The molecule has 1 rings (SSSR count). The average molecular weight is 288 g/mol. The summed E-state index contributed by atoms with van der Waals surface area (Å²) < 4.78 is 40.7. The lowest BCUT2D eigenvalue weighted by Crippen LogP contribution is -2.51. The zero-order chi connectivity index (χ0) is 15.5. The van der Waals surface area contributed by atoms with Crippen molar-refractivity contribution in [2.45, 2.75) is 38.8 Å². The minimum Gasteiger partial charge on any atom is -0.309 e. The van der Waals surface area contributed by atoms with Gasteiger partial charge in [0.25, 0.3) is 0 Å². The zero-order valence-electron chi connectivity index (χ0n) is 12.7. The molecule has 0 saturated carbocycles. The Hall–Kier alpha value is -1.07. The van der Waals surface area contributed by atoms with Crippen LogP contribution in [-0.4, -0.2) is 31.1 Å². The maximum Gasteiger partial charge on any atom is 0.194 e. The van der Waals surface area contributed by atoms with E-state index in [1.54, 1.807) is 0 Å². The first-order valence-electron chi connectivity index (χ1n) is 6.83. The maximum atomic E-state index is 14.1. The Balaban J connectivity index is 3.38. The molecular formula is C15H23F3N2. The van der Waals surface area contributed by atoms with E-state index in [-0.39, 0.29) is 5.56 Å². The van der Waals surface area contributed by atoms with Crippen molar-refractivity contribution >= 4 is 0 Å². The summed E-state index contributed by atoms with van der Waals surface area (Å²) >= 11 is 0. The molecule has 2 unspecified atom stereocenters. The van der Waals surface area contributed by atoms with Crippen molar-refractivity contribution in [2.24, 2.45) is 0 Å². The van der Waals surface area contributed by atoms with Crippen LogP contribution in [-0.2, 0) is 0 Å². The summed E-state index contributed by atoms with van der Waals surface area (Å²) in [6.45, 7) is 6.46. The predicted molar refractivity (Wildman–Crippen MR) is 75.1 cm³/mol. The SMILES string of the molecule is CCNC(c1ccc(F)c(F)c1F)C(C)(CC)N(C)C. The number of hydrogen-bond donors (Lipinski definition) is 1. The highest BCUT2D eigenvalue weighted by Crippen LogP contribution is 2.34. The van der Waals surface area contributed by atoms with Crippen LogP contribution in [0.25, 0.3) is 0 Å². The van der Waals surface area contributed by atoms with E-state index in [4.69, 9.17) is 0 Å². The number of benzene rings is 1. The highest BCUT2D eigenvalue weighted by molar-refractivity contribution is 5.27. The van der Waals surface area contributed by atoms with Crippen LogP contribution < -0.4 is 5.32 Å². The van der Waals surface area contributed by atoms with Crippen LogP contribution in [0.3, 0.4) is 0 Å². The third-order valence-corrected chi connectivity index (χ3v) is 4.14. The molecule has 0 radical (unpaired) electrons. The second-order valence-corrected chi connectivity index (χ2v) is 5.36. The van der Waals surface area contributed by atoms with Crippen LogP contribution >= 0.6 is 0 Å². The van der Waals surface area contributed by atoms with Crippen molar-refractivity contribution in [3.63, 3.8) is 0 Å². The summed E-state index contributed by atoms with van der Waals surface area (Å²) in [5.41, 5.74) is -0.259. The van der Waals surface area contributed by atoms with Gasteiger partial charge in [-0.05, 0) is 40.1 Å². The van der Waals surface area contributed by atoms with E-state index in [2.05, 4.69) is 5.32 Å². The quantitative estimate of drug-likeness (QED) is 0.806. The smallest absolute Gasteiger partial charge is 0.194 e. The topological polar surface area (TPSA) is 15.3 Å². The molecule has 2 nitrogen and oxygen atoms in total. The molecule has 0 heterocycles. The van der Waals surface area contributed by atoms with Gasteiger partial charge in [0.05, 0.1) is 6.04 Å². The summed E-state index contributed by atoms with van der Waals surface area (Å²) in [6.07, 6.45) is 0.732. The van der Waals surface area contributed by atoms with Gasteiger partial charge in [0.2, 0.25) is 0 Å². The van der Waals surface area contributed by atoms with Gasteiger partial charge in [0.1, 0.15) is 0 Å². The Morgan fingerprint density at radius 2 is 1.75 bits per heavy atom. The maximum absolute atomic E-state index is 14.1. The van der Waals surface area contributed by atoms with Crippen molar-refractivity contribution < 1.29 is 13.2 Å². The lowest BCUT2D eigenvalue weighted by Gasteiger charge is -2.43. The normalized spacial score (nSPS) is 16.2. The highest BCUT2D eigenvalue weighted by Gasteiger charge is 2.37. The molecule has 1 aromatic rings. The molecule has 0 aliphatic heterocycles. The van der Waals surface area contributed by atoms with E-state index in [0.29, 0.717) is 6.54 Å². The Labute approximate surface area is 119 Å². The second-order valence-electron chi connectivity index (χ2n) is 5.36. The van der Waals surface area contributed by atoms with Crippen molar-refractivity contribution in [3.8, 4) is 0 Å². The number of halogens is 3. The van der Waals surface area contributed by atoms with Gasteiger partial charge in [-0.15, -0.1) is 0 Å². The van der Waals surface area contributed by atoms with Crippen molar-refractivity contribution in [1.82, 2.24) is 10.2 Å². The number of hydrogen-bond acceptors (Lipinski definition) is 2. The van der Waals surface area contributed by atoms with E-state index in [1.165, 1.54) is 6.07 Å². The van der Waals surface area contributed by atoms with Crippen LogP contribution in [0.2, 0.25) is 0 Å². The number of likely N-dealkylation sites (N-methyl/N-ethyl adjacent to an activating group) is 2. The van der Waals surface area contributed by atoms with E-state index in [1.807, 2.05) is 39.8 Å². The standard InChI is InChI=1S/C15H23F3N2/c1-6-15(3,20(4)5)14(19-7-2)10-8-9-11(16)13(18)12(10)17/h8-9,14,19H,6-7H2,1-5H3. The van der Waals surface area contributed by atoms with Gasteiger partial charge in [0.15, 0.2) is 17.5 Å². The Kier molecular flexibility index (Phi) is 5.59. The number of nitrogens with zero attached hydrogens (tertiary/aromatic N) is 1. The average Bonchev–Trinajstić information content (AvgIpc) is 2.42. The monoisotopic (exact) mass is 288 g/mol. The molecule has 0 aromatic heterocycles. The van der Waals surface area contributed by atoms with Gasteiger partial charge in [-0.25, -0.2) is 13.2 Å². The molecule has 1 N–H and O–H groups in total. The minimum atomic E-state index is -1.41. The molecule has 5 heteroatoms. The minimum absolute atomic E-state index is 0.156. The Morgan fingerprint density at radius 1 is 1.15 bits per heavy atom. The highest BCUT2D eigenvalue weighted by atomic mass is 19.2. The fourth-order valence-corrected chi connectivity index (χ4v) is 2.41. The predicted octanol–water partition coefficient (Wildman–Crippen LogP) is 3.48. The van der Waals surface area contributed by atoms with Crippen LogP contribution in [0, 0.1) is 17.5 Å². The fraction of sp³-hybridized carbons (Fsp3) is 0.600. The summed E-state index contributed by atoms with van der Waals surface area (Å²) in [7, 11) is 3.79. The van der Waals surface area contributed by atoms with Crippen LogP contribution in [0.4, 0.5) is 13.2 Å². The molecule has 2 atom stereocenters. The molecule has 0 spiro atoms. The van der Waals surface area contributed by atoms with Gasteiger partial charge in [-0.1, -0.05) is 19.9 Å². The largest absolute Gasteiger partial charge is 0.309 e. The summed E-state index contributed by atoms with van der Waals surface area (Å²) in [5, 5.41) is 3.19. The molecule has 20 heavy (non-hydrogen) atoms. The molecule has 0 amide bonds. The van der Waals surface area contributed by atoms with E-state index < -0.39 is 29.0 Å². The third-order valence-electron chi connectivity index (χ3n) is 4.14. The zero-order valence-corrected chi connectivity index (χ0v) is 12.7. The van der Waals surface area contributed by atoms with Crippen LogP contribution in [0.1, 0.15) is 38.8 Å². The van der Waals surface area contributed by atoms with E-state index in [9.17, 15) is 13.2 Å². The summed E-state index contributed by atoms with van der Waals surface area (Å²) in [5.74, 6) is -3.69. The van der Waals surface area contributed by atoms with E-state index in [0.717, 1.165) is 12.5 Å². The summed E-state index contributed by atoms with van der Waals surface area (Å²) in [6, 6.07) is 1.87. The Morgan fingerprint density at radius 3 is 2.20 bits per heavy atom. The first-order chi connectivity index (χ1) is 9.29. The molecule has 0 saturated heterocycles. The molecular weight excluding hydrogens is 265 g/mol. The first-order valence-corrected chi connectivity index (χ1v) is 6.83. The molecule has 0 aliphatic carbocycles. The third kappa shape index (κ3) is 2.99. The molecule has 114 valence electrons. The van der Waals surface area contributed by atoms with Crippen molar-refractivity contribution in [3.05, 3.63) is 35.1 Å². The van der Waals surface area contributed by atoms with Gasteiger partial charge in [0, 0.05) is 11.1 Å². The molecule has 1 aromatic carbocycles. The first kappa shape index (κ1) is 17.0. The van der Waals surface area contributed by atoms with Crippen LogP contribution in [0.5, 0.6) is 0 Å².